The highest BCUT2D eigenvalue weighted by Crippen LogP contribution is 2.28. The van der Waals surface area contributed by atoms with Crippen LogP contribution in [0.1, 0.15) is 11.1 Å². The quantitative estimate of drug-likeness (QED) is 0.790. The number of ether oxygens (including phenoxy) is 1. The van der Waals surface area contributed by atoms with E-state index in [1.165, 1.54) is 11.8 Å². The number of carbonyl (C=O) groups is 2. The van der Waals surface area contributed by atoms with Crippen LogP contribution in [0.15, 0.2) is 58.4 Å². The molecule has 3 rings (SSSR count). The summed E-state index contributed by atoms with van der Waals surface area (Å²) in [6.45, 7) is 1.59. The summed E-state index contributed by atoms with van der Waals surface area (Å²) >= 11 is 1.27. The van der Waals surface area contributed by atoms with Crippen LogP contribution in [0.2, 0.25) is 0 Å². The third-order valence-electron chi connectivity index (χ3n) is 3.42. The van der Waals surface area contributed by atoms with Gasteiger partial charge in [0.2, 0.25) is 0 Å². The zero-order valence-electron chi connectivity index (χ0n) is 13.9. The van der Waals surface area contributed by atoms with Crippen LogP contribution in [0.5, 0.6) is 5.75 Å². The lowest BCUT2D eigenvalue weighted by molar-refractivity contribution is -0.139. The molecule has 1 saturated heterocycles. The Morgan fingerprint density at radius 2 is 2.04 bits per heavy atom. The molecular formula is C19H16N2O4S. The summed E-state index contributed by atoms with van der Waals surface area (Å²) in [5, 5.41) is 11.9. The number of hydrogen-bond acceptors (Lipinski definition) is 5. The molecule has 1 aliphatic rings. The molecular weight excluding hydrogens is 352 g/mol. The number of nitrogens with zero attached hydrogens (tertiary/aromatic N) is 1. The number of rotatable bonds is 5. The molecule has 2 N–H and O–H groups in total. The Hall–Kier alpha value is -3.06. The Kier molecular flexibility index (Phi) is 5.38. The van der Waals surface area contributed by atoms with Gasteiger partial charge < -0.3 is 15.2 Å². The number of aliphatic carboxylic acids is 1. The highest BCUT2D eigenvalue weighted by atomic mass is 32.2. The van der Waals surface area contributed by atoms with E-state index in [1.807, 2.05) is 31.2 Å². The van der Waals surface area contributed by atoms with E-state index < -0.39 is 12.6 Å². The molecule has 6 nitrogen and oxygen atoms in total. The Morgan fingerprint density at radius 3 is 2.73 bits per heavy atom. The number of hydrogen-bond donors (Lipinski definition) is 2. The monoisotopic (exact) mass is 368 g/mol. The summed E-state index contributed by atoms with van der Waals surface area (Å²) < 4.78 is 5.08. The van der Waals surface area contributed by atoms with E-state index in [4.69, 9.17) is 9.84 Å². The second kappa shape index (κ2) is 7.88. The summed E-state index contributed by atoms with van der Waals surface area (Å²) in [5.41, 5.74) is 2.69. The minimum Gasteiger partial charge on any atom is -0.482 e. The zero-order chi connectivity index (χ0) is 18.5. The van der Waals surface area contributed by atoms with Crippen LogP contribution in [0, 0.1) is 6.92 Å². The normalized spacial score (nSPS) is 16.7. The molecule has 0 atom stereocenters. The van der Waals surface area contributed by atoms with E-state index in [-0.39, 0.29) is 5.91 Å². The lowest BCUT2D eigenvalue weighted by Crippen LogP contribution is -2.19. The van der Waals surface area contributed by atoms with Crippen LogP contribution in [-0.4, -0.2) is 28.8 Å². The molecule has 1 amide bonds. The number of amides is 1. The number of aryl methyl sites for hydroxylation is 1. The first-order valence-electron chi connectivity index (χ1n) is 7.80. The molecule has 0 saturated carbocycles. The van der Waals surface area contributed by atoms with Crippen LogP contribution in [0.3, 0.4) is 0 Å². The van der Waals surface area contributed by atoms with Crippen LogP contribution < -0.4 is 10.1 Å². The lowest BCUT2D eigenvalue weighted by atomic mass is 10.2. The zero-order valence-corrected chi connectivity index (χ0v) is 14.7. The number of carboxylic acids is 1. The predicted octanol–water partition coefficient (Wildman–Crippen LogP) is 3.35. The van der Waals surface area contributed by atoms with Gasteiger partial charge in [0.05, 0.1) is 10.6 Å². The molecule has 2 aromatic rings. The van der Waals surface area contributed by atoms with Gasteiger partial charge in [0.15, 0.2) is 11.8 Å². The first-order chi connectivity index (χ1) is 12.5. The van der Waals surface area contributed by atoms with E-state index in [0.717, 1.165) is 16.8 Å². The van der Waals surface area contributed by atoms with Crippen LogP contribution in [-0.2, 0) is 9.59 Å². The SMILES string of the molecule is Cc1cccc(N=C2NC(=O)/C(=C\c3ccc(OCC(=O)O)cc3)S2)c1. The first kappa shape index (κ1) is 17.8. The second-order valence-corrected chi connectivity index (χ2v) is 6.60. The molecule has 2 aromatic carbocycles. The summed E-state index contributed by atoms with van der Waals surface area (Å²) in [4.78, 5) is 27.6. The van der Waals surface area contributed by atoms with E-state index in [1.54, 1.807) is 30.3 Å². The molecule has 0 aromatic heterocycles. The number of thioether (sulfide) groups is 1. The predicted molar refractivity (Wildman–Crippen MR) is 102 cm³/mol. The van der Waals surface area contributed by atoms with Crippen molar-refractivity contribution in [3.63, 3.8) is 0 Å². The van der Waals surface area contributed by atoms with Crippen molar-refractivity contribution in [3.8, 4) is 5.75 Å². The van der Waals surface area contributed by atoms with Gasteiger partial charge in [-0.25, -0.2) is 9.79 Å². The van der Waals surface area contributed by atoms with Crippen molar-refractivity contribution >= 4 is 40.6 Å². The molecule has 0 bridgehead atoms. The number of aliphatic imine (C=N–C) groups is 1. The van der Waals surface area contributed by atoms with Crippen molar-refractivity contribution in [2.45, 2.75) is 6.92 Å². The average molecular weight is 368 g/mol. The second-order valence-electron chi connectivity index (χ2n) is 5.57. The fourth-order valence-corrected chi connectivity index (χ4v) is 3.09. The van der Waals surface area contributed by atoms with Gasteiger partial charge in [0.1, 0.15) is 5.75 Å². The molecule has 1 aliphatic heterocycles. The van der Waals surface area contributed by atoms with Crippen LogP contribution in [0.4, 0.5) is 5.69 Å². The van der Waals surface area contributed by atoms with Gasteiger partial charge in [-0.2, -0.15) is 0 Å². The smallest absolute Gasteiger partial charge is 0.341 e. The molecule has 0 radical (unpaired) electrons. The maximum atomic E-state index is 12.1. The van der Waals surface area contributed by atoms with Gasteiger partial charge in [-0.05, 0) is 60.2 Å². The highest BCUT2D eigenvalue weighted by Gasteiger charge is 2.23. The van der Waals surface area contributed by atoms with Crippen molar-refractivity contribution in [1.29, 1.82) is 0 Å². The van der Waals surface area contributed by atoms with E-state index in [0.29, 0.717) is 15.8 Å². The van der Waals surface area contributed by atoms with E-state index in [9.17, 15) is 9.59 Å². The first-order valence-corrected chi connectivity index (χ1v) is 8.62. The van der Waals surface area contributed by atoms with Crippen molar-refractivity contribution in [3.05, 3.63) is 64.6 Å². The molecule has 0 unspecified atom stereocenters. The number of carboxylic acid groups (broad SMARTS) is 1. The minimum atomic E-state index is -1.03. The van der Waals surface area contributed by atoms with Crippen molar-refractivity contribution in [2.24, 2.45) is 4.99 Å². The standard InChI is InChI=1S/C19H16N2O4S/c1-12-3-2-4-14(9-12)20-19-21-18(24)16(26-19)10-13-5-7-15(8-6-13)25-11-17(22)23/h2-10H,11H2,1H3,(H,22,23)(H,20,21,24)/b16-10+. The van der Waals surface area contributed by atoms with Gasteiger partial charge in [-0.1, -0.05) is 24.3 Å². The van der Waals surface area contributed by atoms with E-state index in [2.05, 4.69) is 10.3 Å². The number of amidine groups is 1. The molecule has 1 fully saturated rings. The third kappa shape index (κ3) is 4.73. The van der Waals surface area contributed by atoms with Gasteiger partial charge in [0.25, 0.3) is 5.91 Å². The molecule has 132 valence electrons. The van der Waals surface area contributed by atoms with Crippen LogP contribution >= 0.6 is 11.8 Å². The summed E-state index contributed by atoms with van der Waals surface area (Å²) in [6.07, 6.45) is 1.75. The average Bonchev–Trinajstić information content (AvgIpc) is 2.93. The maximum absolute atomic E-state index is 12.1. The minimum absolute atomic E-state index is 0.201. The molecule has 0 aliphatic carbocycles. The Bertz CT molecular complexity index is 904. The van der Waals surface area contributed by atoms with Crippen LogP contribution in [0.25, 0.3) is 6.08 Å². The van der Waals surface area contributed by atoms with Crippen molar-refractivity contribution in [1.82, 2.24) is 5.32 Å². The van der Waals surface area contributed by atoms with Crippen molar-refractivity contribution in [2.75, 3.05) is 6.61 Å². The Morgan fingerprint density at radius 1 is 1.27 bits per heavy atom. The molecule has 26 heavy (non-hydrogen) atoms. The fourth-order valence-electron chi connectivity index (χ4n) is 2.25. The maximum Gasteiger partial charge on any atom is 0.341 e. The van der Waals surface area contributed by atoms with Gasteiger partial charge in [0, 0.05) is 0 Å². The van der Waals surface area contributed by atoms with Gasteiger partial charge in [-0.15, -0.1) is 0 Å². The Labute approximate surface area is 154 Å². The van der Waals surface area contributed by atoms with Gasteiger partial charge >= 0.3 is 5.97 Å². The number of carbonyl (C=O) groups excluding carboxylic acids is 1. The third-order valence-corrected chi connectivity index (χ3v) is 4.33. The molecule has 0 spiro atoms. The van der Waals surface area contributed by atoms with E-state index >= 15 is 0 Å². The number of benzene rings is 2. The summed E-state index contributed by atoms with van der Waals surface area (Å²) in [5.74, 6) is -0.775. The van der Waals surface area contributed by atoms with Gasteiger partial charge in [-0.3, -0.25) is 4.79 Å². The van der Waals surface area contributed by atoms with Crippen molar-refractivity contribution < 1.29 is 19.4 Å². The summed E-state index contributed by atoms with van der Waals surface area (Å²) in [7, 11) is 0. The molecule has 7 heteroatoms. The topological polar surface area (TPSA) is 88.0 Å². The lowest BCUT2D eigenvalue weighted by Gasteiger charge is -2.03. The Balaban J connectivity index is 1.71. The fraction of sp³-hybridized carbons (Fsp3) is 0.105. The highest BCUT2D eigenvalue weighted by molar-refractivity contribution is 8.18. The molecule has 1 heterocycles. The summed E-state index contributed by atoms with van der Waals surface area (Å²) in [6, 6.07) is 14.6. The number of nitrogens with one attached hydrogen (secondary N) is 1. The largest absolute Gasteiger partial charge is 0.482 e.